The van der Waals surface area contributed by atoms with Gasteiger partial charge in [0.15, 0.2) is 0 Å². The molecular weight excluding hydrogens is 212 g/mol. The molecule has 78 valence electrons. The number of rotatable bonds is 4. The van der Waals surface area contributed by atoms with Gasteiger partial charge in [0.2, 0.25) is 0 Å². The smallest absolute Gasteiger partial charge is 0.133 e. The van der Waals surface area contributed by atoms with E-state index < -0.39 is 0 Å². The van der Waals surface area contributed by atoms with E-state index in [9.17, 15) is 0 Å². The van der Waals surface area contributed by atoms with Gasteiger partial charge >= 0.3 is 0 Å². The van der Waals surface area contributed by atoms with E-state index in [1.165, 1.54) is 4.90 Å². The van der Waals surface area contributed by atoms with Gasteiger partial charge in [-0.3, -0.25) is 0 Å². The standard InChI is InChI=1S/C11H16OS2/c1-4-14(13)11-8-6-5-7-10(11)12-9(2)3/h5-9H,4H2,1-3H3. The van der Waals surface area contributed by atoms with Crippen molar-refractivity contribution in [2.75, 3.05) is 5.75 Å². The summed E-state index contributed by atoms with van der Waals surface area (Å²) in [6.45, 7) is 6.18. The maximum Gasteiger partial charge on any atom is 0.133 e. The van der Waals surface area contributed by atoms with Gasteiger partial charge in [-0.1, -0.05) is 28.5 Å². The molecule has 1 aromatic rings. The number of hydrogen-bond acceptors (Lipinski definition) is 2. The summed E-state index contributed by atoms with van der Waals surface area (Å²) in [6.07, 6.45) is 0.208. The van der Waals surface area contributed by atoms with Crippen LogP contribution in [-0.4, -0.2) is 11.9 Å². The van der Waals surface area contributed by atoms with Gasteiger partial charge < -0.3 is 4.74 Å². The Hall–Kier alpha value is -0.410. The van der Waals surface area contributed by atoms with Crippen molar-refractivity contribution in [3.05, 3.63) is 24.3 Å². The van der Waals surface area contributed by atoms with E-state index in [4.69, 9.17) is 15.9 Å². The Morgan fingerprint density at radius 3 is 2.57 bits per heavy atom. The van der Waals surface area contributed by atoms with E-state index in [1.54, 1.807) is 0 Å². The molecule has 0 heterocycles. The predicted molar refractivity (Wildman–Crippen MR) is 65.7 cm³/mol. The van der Waals surface area contributed by atoms with Gasteiger partial charge in [-0.15, -0.1) is 0 Å². The molecule has 0 fully saturated rings. The Labute approximate surface area is 93.1 Å². The highest BCUT2D eigenvalue weighted by atomic mass is 32.8. The number of para-hydroxylation sites is 1. The topological polar surface area (TPSA) is 9.23 Å². The van der Waals surface area contributed by atoms with E-state index in [2.05, 4.69) is 13.0 Å². The van der Waals surface area contributed by atoms with Crippen molar-refractivity contribution in [1.82, 2.24) is 0 Å². The molecule has 0 spiro atoms. The predicted octanol–water partition coefficient (Wildman–Crippen LogP) is 2.93. The summed E-state index contributed by atoms with van der Waals surface area (Å²) in [6, 6.07) is 8.07. The Kier molecular flexibility index (Phi) is 4.55. The second-order valence-electron chi connectivity index (χ2n) is 3.25. The summed E-state index contributed by atoms with van der Waals surface area (Å²) in [5.41, 5.74) is 0. The summed E-state index contributed by atoms with van der Waals surface area (Å²) in [5, 5.41) is 0. The first-order valence-corrected chi connectivity index (χ1v) is 7.11. The molecular formula is C11H16OS2. The van der Waals surface area contributed by atoms with Gasteiger partial charge in [0, 0.05) is 0 Å². The van der Waals surface area contributed by atoms with Crippen molar-refractivity contribution in [2.45, 2.75) is 31.8 Å². The maximum absolute atomic E-state index is 5.71. The fourth-order valence-electron chi connectivity index (χ4n) is 1.15. The van der Waals surface area contributed by atoms with Crippen LogP contribution < -0.4 is 4.74 Å². The second-order valence-corrected chi connectivity index (χ2v) is 6.16. The van der Waals surface area contributed by atoms with Crippen molar-refractivity contribution in [3.63, 3.8) is 0 Å². The van der Waals surface area contributed by atoms with Crippen LogP contribution >= 0.6 is 0 Å². The Bertz CT molecular complexity index is 321. The maximum atomic E-state index is 5.71. The molecule has 0 saturated carbocycles. The average molecular weight is 228 g/mol. The normalized spacial score (nSPS) is 12.9. The van der Waals surface area contributed by atoms with E-state index >= 15 is 0 Å². The minimum absolute atomic E-state index is 0.110. The number of hydrogen-bond donors (Lipinski definition) is 0. The molecule has 0 aliphatic heterocycles. The molecule has 0 aliphatic carbocycles. The fourth-order valence-corrected chi connectivity index (χ4v) is 2.44. The van der Waals surface area contributed by atoms with Crippen molar-refractivity contribution >= 4 is 20.6 Å². The zero-order valence-electron chi connectivity index (χ0n) is 8.82. The van der Waals surface area contributed by atoms with Gasteiger partial charge in [0.1, 0.15) is 5.75 Å². The van der Waals surface area contributed by atoms with E-state index in [1.807, 2.05) is 32.0 Å². The molecule has 14 heavy (non-hydrogen) atoms. The van der Waals surface area contributed by atoms with Crippen molar-refractivity contribution in [3.8, 4) is 5.75 Å². The summed E-state index contributed by atoms with van der Waals surface area (Å²) in [7, 11) is -0.110. The number of ether oxygens (including phenoxy) is 1. The van der Waals surface area contributed by atoms with E-state index in [-0.39, 0.29) is 15.6 Å². The van der Waals surface area contributed by atoms with Crippen LogP contribution in [0.2, 0.25) is 0 Å². The van der Waals surface area contributed by atoms with E-state index in [0.717, 1.165) is 11.5 Å². The van der Waals surface area contributed by atoms with Crippen LogP contribution in [0.3, 0.4) is 0 Å². The highest BCUT2D eigenvalue weighted by molar-refractivity contribution is 8.28. The first-order valence-electron chi connectivity index (χ1n) is 4.79. The molecule has 0 aromatic heterocycles. The van der Waals surface area contributed by atoms with Gasteiger partial charge in [0.05, 0.1) is 11.0 Å². The zero-order chi connectivity index (χ0) is 10.6. The molecule has 1 atom stereocenters. The molecule has 1 nitrogen and oxygen atoms in total. The molecule has 0 radical (unpaired) electrons. The summed E-state index contributed by atoms with van der Waals surface area (Å²) in [4.78, 5) is 1.17. The van der Waals surface area contributed by atoms with Gasteiger partial charge in [-0.05, 0) is 42.9 Å². The molecule has 0 N–H and O–H groups in total. The average Bonchev–Trinajstić information content (AvgIpc) is 2.16. The highest BCUT2D eigenvalue weighted by Crippen LogP contribution is 2.23. The third-order valence-corrected chi connectivity index (χ3v) is 4.32. The van der Waals surface area contributed by atoms with Crippen LogP contribution in [0.15, 0.2) is 29.2 Å². The third-order valence-electron chi connectivity index (χ3n) is 1.72. The van der Waals surface area contributed by atoms with Crippen LogP contribution in [0.25, 0.3) is 0 Å². The molecule has 1 rings (SSSR count). The number of benzene rings is 1. The van der Waals surface area contributed by atoms with Gasteiger partial charge in [0.25, 0.3) is 0 Å². The second kappa shape index (κ2) is 5.47. The van der Waals surface area contributed by atoms with Crippen LogP contribution in [0, 0.1) is 0 Å². The molecule has 0 amide bonds. The lowest BCUT2D eigenvalue weighted by Crippen LogP contribution is -2.08. The van der Waals surface area contributed by atoms with Crippen LogP contribution in [0.1, 0.15) is 20.8 Å². The quantitative estimate of drug-likeness (QED) is 0.783. The summed E-state index contributed by atoms with van der Waals surface area (Å²) < 4.78 is 5.71. The minimum atomic E-state index is -0.110. The summed E-state index contributed by atoms with van der Waals surface area (Å²) in [5.74, 6) is 1.94. The van der Waals surface area contributed by atoms with Crippen molar-refractivity contribution in [2.24, 2.45) is 0 Å². The minimum Gasteiger partial charge on any atom is -0.490 e. The van der Waals surface area contributed by atoms with Crippen LogP contribution in [-0.2, 0) is 20.6 Å². The lowest BCUT2D eigenvalue weighted by molar-refractivity contribution is 0.236. The van der Waals surface area contributed by atoms with Gasteiger partial charge in [-0.2, -0.15) is 0 Å². The van der Waals surface area contributed by atoms with Crippen LogP contribution in [0.5, 0.6) is 5.75 Å². The molecule has 0 bridgehead atoms. The highest BCUT2D eigenvalue weighted by Gasteiger charge is 2.06. The molecule has 1 aromatic carbocycles. The van der Waals surface area contributed by atoms with Crippen molar-refractivity contribution < 1.29 is 4.74 Å². The Morgan fingerprint density at radius 2 is 2.00 bits per heavy atom. The Morgan fingerprint density at radius 1 is 1.36 bits per heavy atom. The summed E-state index contributed by atoms with van der Waals surface area (Å²) >= 11 is 5.39. The third kappa shape index (κ3) is 3.07. The monoisotopic (exact) mass is 228 g/mol. The lowest BCUT2D eigenvalue weighted by Gasteiger charge is -2.14. The molecule has 0 saturated heterocycles. The molecule has 1 unspecified atom stereocenters. The van der Waals surface area contributed by atoms with E-state index in [0.29, 0.717) is 0 Å². The molecule has 0 aliphatic rings. The van der Waals surface area contributed by atoms with Crippen molar-refractivity contribution in [1.29, 1.82) is 0 Å². The zero-order valence-corrected chi connectivity index (χ0v) is 10.5. The molecule has 3 heteroatoms. The lowest BCUT2D eigenvalue weighted by atomic mass is 10.3. The fraction of sp³-hybridized carbons (Fsp3) is 0.455. The SMILES string of the molecule is CCS(=S)c1ccccc1OC(C)C. The first kappa shape index (κ1) is 11.7. The Balaban J connectivity index is 2.97. The van der Waals surface area contributed by atoms with Crippen LogP contribution in [0.4, 0.5) is 0 Å². The van der Waals surface area contributed by atoms with Gasteiger partial charge in [-0.25, -0.2) is 0 Å². The largest absolute Gasteiger partial charge is 0.490 e. The first-order chi connectivity index (χ1) is 6.65.